The molecule has 0 saturated carbocycles. The average Bonchev–Trinajstić information content (AvgIpc) is 1.97. The van der Waals surface area contributed by atoms with Crippen molar-refractivity contribution in [2.24, 2.45) is 0 Å². The summed E-state index contributed by atoms with van der Waals surface area (Å²) in [7, 11) is 2.19. The fraction of sp³-hybridized carbons (Fsp3) is 0.750. The SMILES string of the molecule is CC1=CCCN(C)CC1. The molecular weight excluding hydrogens is 110 g/mol. The summed E-state index contributed by atoms with van der Waals surface area (Å²) in [5.74, 6) is 0. The number of hydrogen-bond donors (Lipinski definition) is 0. The van der Waals surface area contributed by atoms with E-state index < -0.39 is 0 Å². The first-order valence-electron chi connectivity index (χ1n) is 3.63. The maximum absolute atomic E-state index is 2.38. The molecule has 9 heavy (non-hydrogen) atoms. The van der Waals surface area contributed by atoms with Crippen molar-refractivity contribution in [3.8, 4) is 0 Å². The molecule has 0 aromatic carbocycles. The fourth-order valence-electron chi connectivity index (χ4n) is 1.11. The highest BCUT2D eigenvalue weighted by molar-refractivity contribution is 5.00. The lowest BCUT2D eigenvalue weighted by atomic mass is 10.2. The van der Waals surface area contributed by atoms with Crippen molar-refractivity contribution in [1.82, 2.24) is 4.90 Å². The van der Waals surface area contributed by atoms with Gasteiger partial charge in [-0.2, -0.15) is 0 Å². The zero-order valence-corrected chi connectivity index (χ0v) is 6.35. The third-order valence-corrected chi connectivity index (χ3v) is 1.89. The smallest absolute Gasteiger partial charge is 0.00155 e. The Hall–Kier alpha value is -0.300. The van der Waals surface area contributed by atoms with Crippen LogP contribution in [0.25, 0.3) is 0 Å². The molecule has 1 aliphatic heterocycles. The molecule has 1 rings (SSSR count). The lowest BCUT2D eigenvalue weighted by Crippen LogP contribution is -2.18. The molecule has 0 amide bonds. The van der Waals surface area contributed by atoms with E-state index in [0.29, 0.717) is 0 Å². The fourth-order valence-corrected chi connectivity index (χ4v) is 1.11. The van der Waals surface area contributed by atoms with E-state index in [1.807, 2.05) is 0 Å². The Morgan fingerprint density at radius 3 is 3.00 bits per heavy atom. The van der Waals surface area contributed by atoms with Crippen molar-refractivity contribution in [1.29, 1.82) is 0 Å². The zero-order chi connectivity index (χ0) is 6.69. The van der Waals surface area contributed by atoms with Gasteiger partial charge in [-0.3, -0.25) is 0 Å². The predicted octanol–water partition coefficient (Wildman–Crippen LogP) is 1.66. The first kappa shape index (κ1) is 6.81. The van der Waals surface area contributed by atoms with E-state index in [0.717, 1.165) is 0 Å². The first-order chi connectivity index (χ1) is 4.29. The molecule has 0 saturated heterocycles. The van der Waals surface area contributed by atoms with E-state index >= 15 is 0 Å². The quantitative estimate of drug-likeness (QED) is 0.445. The van der Waals surface area contributed by atoms with Crippen molar-refractivity contribution in [3.05, 3.63) is 11.6 Å². The summed E-state index contributed by atoms with van der Waals surface area (Å²) in [6.45, 7) is 4.69. The van der Waals surface area contributed by atoms with Crippen LogP contribution in [0, 0.1) is 0 Å². The Morgan fingerprint density at radius 1 is 1.44 bits per heavy atom. The Morgan fingerprint density at radius 2 is 2.22 bits per heavy atom. The van der Waals surface area contributed by atoms with Crippen LogP contribution in [-0.4, -0.2) is 25.0 Å². The van der Waals surface area contributed by atoms with Gasteiger partial charge >= 0.3 is 0 Å². The highest BCUT2D eigenvalue weighted by atomic mass is 15.1. The average molecular weight is 125 g/mol. The summed E-state index contributed by atoms with van der Waals surface area (Å²) >= 11 is 0. The second-order valence-electron chi connectivity index (χ2n) is 2.89. The lowest BCUT2D eigenvalue weighted by Gasteiger charge is -2.11. The van der Waals surface area contributed by atoms with E-state index in [4.69, 9.17) is 0 Å². The summed E-state index contributed by atoms with van der Waals surface area (Å²) in [4.78, 5) is 2.38. The molecular formula is C8H15N. The molecule has 1 heteroatoms. The maximum Gasteiger partial charge on any atom is 0.00155 e. The van der Waals surface area contributed by atoms with Gasteiger partial charge in [-0.05, 0) is 26.8 Å². The second kappa shape index (κ2) is 3.02. The molecule has 0 atom stereocenters. The lowest BCUT2D eigenvalue weighted by molar-refractivity contribution is 0.353. The minimum Gasteiger partial charge on any atom is -0.306 e. The van der Waals surface area contributed by atoms with E-state index in [9.17, 15) is 0 Å². The summed E-state index contributed by atoms with van der Waals surface area (Å²) in [5.41, 5.74) is 1.55. The minimum atomic E-state index is 1.23. The molecule has 0 fully saturated rings. The summed E-state index contributed by atoms with van der Waals surface area (Å²) < 4.78 is 0. The van der Waals surface area contributed by atoms with Gasteiger partial charge in [-0.1, -0.05) is 11.6 Å². The van der Waals surface area contributed by atoms with Crippen molar-refractivity contribution in [3.63, 3.8) is 0 Å². The highest BCUT2D eigenvalue weighted by Crippen LogP contribution is 2.07. The van der Waals surface area contributed by atoms with Crippen LogP contribution in [0.1, 0.15) is 19.8 Å². The standard InChI is InChI=1S/C8H15N/c1-8-4-3-6-9(2)7-5-8/h4H,3,5-7H2,1-2H3. The van der Waals surface area contributed by atoms with Crippen molar-refractivity contribution in [2.75, 3.05) is 20.1 Å². The van der Waals surface area contributed by atoms with Gasteiger partial charge in [-0.15, -0.1) is 0 Å². The highest BCUT2D eigenvalue weighted by Gasteiger charge is 2.01. The number of hydrogen-bond acceptors (Lipinski definition) is 1. The van der Waals surface area contributed by atoms with Crippen LogP contribution in [0.4, 0.5) is 0 Å². The van der Waals surface area contributed by atoms with Gasteiger partial charge in [0.1, 0.15) is 0 Å². The Bertz CT molecular complexity index is 116. The summed E-state index contributed by atoms with van der Waals surface area (Å²) in [5, 5.41) is 0. The molecule has 1 aliphatic rings. The number of nitrogens with zero attached hydrogens (tertiary/aromatic N) is 1. The molecule has 52 valence electrons. The van der Waals surface area contributed by atoms with Gasteiger partial charge in [0.05, 0.1) is 0 Å². The minimum absolute atomic E-state index is 1.23. The van der Waals surface area contributed by atoms with E-state index in [1.54, 1.807) is 5.57 Å². The van der Waals surface area contributed by atoms with Crippen LogP contribution in [0.15, 0.2) is 11.6 Å². The molecule has 0 unspecified atom stereocenters. The monoisotopic (exact) mass is 125 g/mol. The van der Waals surface area contributed by atoms with Gasteiger partial charge in [0.25, 0.3) is 0 Å². The van der Waals surface area contributed by atoms with Crippen molar-refractivity contribution >= 4 is 0 Å². The molecule has 0 N–H and O–H groups in total. The first-order valence-corrected chi connectivity index (χ1v) is 3.63. The van der Waals surface area contributed by atoms with E-state index in [1.165, 1.54) is 25.9 Å². The molecule has 0 radical (unpaired) electrons. The third kappa shape index (κ3) is 2.19. The summed E-state index contributed by atoms with van der Waals surface area (Å²) in [6.07, 6.45) is 4.85. The molecule has 0 spiro atoms. The maximum atomic E-state index is 2.38. The second-order valence-corrected chi connectivity index (χ2v) is 2.89. The Balaban J connectivity index is 2.39. The van der Waals surface area contributed by atoms with Gasteiger partial charge in [0.15, 0.2) is 0 Å². The molecule has 0 aliphatic carbocycles. The number of rotatable bonds is 0. The topological polar surface area (TPSA) is 3.24 Å². The van der Waals surface area contributed by atoms with Gasteiger partial charge in [0.2, 0.25) is 0 Å². The molecule has 0 aromatic rings. The largest absolute Gasteiger partial charge is 0.306 e. The van der Waals surface area contributed by atoms with E-state index in [2.05, 4.69) is 24.9 Å². The van der Waals surface area contributed by atoms with Gasteiger partial charge in [0, 0.05) is 13.1 Å². The Labute approximate surface area is 57.4 Å². The van der Waals surface area contributed by atoms with Crippen LogP contribution in [0.3, 0.4) is 0 Å². The van der Waals surface area contributed by atoms with Crippen LogP contribution >= 0.6 is 0 Å². The van der Waals surface area contributed by atoms with Crippen LogP contribution in [-0.2, 0) is 0 Å². The van der Waals surface area contributed by atoms with Gasteiger partial charge in [-0.25, -0.2) is 0 Å². The normalized spacial score (nSPS) is 23.1. The zero-order valence-electron chi connectivity index (χ0n) is 6.35. The summed E-state index contributed by atoms with van der Waals surface area (Å²) in [6, 6.07) is 0. The van der Waals surface area contributed by atoms with Crippen LogP contribution in [0.5, 0.6) is 0 Å². The van der Waals surface area contributed by atoms with Crippen molar-refractivity contribution in [2.45, 2.75) is 19.8 Å². The molecule has 1 heterocycles. The Kier molecular flexibility index (Phi) is 2.29. The van der Waals surface area contributed by atoms with E-state index in [-0.39, 0.29) is 0 Å². The molecule has 0 bridgehead atoms. The van der Waals surface area contributed by atoms with Crippen LogP contribution in [0.2, 0.25) is 0 Å². The van der Waals surface area contributed by atoms with Crippen LogP contribution < -0.4 is 0 Å². The van der Waals surface area contributed by atoms with Gasteiger partial charge < -0.3 is 4.90 Å². The van der Waals surface area contributed by atoms with Crippen molar-refractivity contribution < 1.29 is 0 Å². The third-order valence-electron chi connectivity index (χ3n) is 1.89. The predicted molar refractivity (Wildman–Crippen MR) is 40.5 cm³/mol. The molecule has 0 aromatic heterocycles. The molecule has 1 nitrogen and oxygen atoms in total.